The highest BCUT2D eigenvalue weighted by Gasteiger charge is 2.13. The van der Waals surface area contributed by atoms with Crippen molar-refractivity contribution in [1.29, 1.82) is 0 Å². The van der Waals surface area contributed by atoms with Crippen LogP contribution in [0.1, 0.15) is 44.2 Å². The summed E-state index contributed by atoms with van der Waals surface area (Å²) in [6.07, 6.45) is 5.21. The van der Waals surface area contributed by atoms with Crippen LogP contribution in [0, 0.1) is 0 Å². The van der Waals surface area contributed by atoms with Gasteiger partial charge in [0.25, 0.3) is 0 Å². The maximum absolute atomic E-state index is 11.7. The highest BCUT2D eigenvalue weighted by atomic mass is 32.2. The Hall–Kier alpha value is -3.24. The molecule has 0 atom stereocenters. The van der Waals surface area contributed by atoms with Gasteiger partial charge in [0.15, 0.2) is 11.5 Å². The Kier molecular flexibility index (Phi) is 12.2. The van der Waals surface area contributed by atoms with Gasteiger partial charge in [0.05, 0.1) is 33.2 Å². The molecule has 10 heteroatoms. The summed E-state index contributed by atoms with van der Waals surface area (Å²) < 4.78 is 50.3. The minimum absolute atomic E-state index is 0.168. The van der Waals surface area contributed by atoms with Gasteiger partial charge in [0.2, 0.25) is 0 Å². The highest BCUT2D eigenvalue weighted by molar-refractivity contribution is 7.86. The second kappa shape index (κ2) is 15.1. The monoisotopic (exact) mass is 536 g/mol. The molecule has 2 rings (SSSR count). The van der Waals surface area contributed by atoms with Crippen molar-refractivity contribution in [2.24, 2.45) is 0 Å². The van der Waals surface area contributed by atoms with E-state index in [-0.39, 0.29) is 11.3 Å². The van der Waals surface area contributed by atoms with Gasteiger partial charge in [0.1, 0.15) is 11.5 Å². The molecule has 0 aliphatic heterocycles. The van der Waals surface area contributed by atoms with E-state index in [1.165, 1.54) is 13.2 Å². The van der Waals surface area contributed by atoms with Crippen LogP contribution in [0.3, 0.4) is 0 Å². The first-order valence-corrected chi connectivity index (χ1v) is 14.0. The Balaban J connectivity index is 2.17. The number of carboxylic acid groups (broad SMARTS) is 1. The van der Waals surface area contributed by atoms with E-state index in [1.54, 1.807) is 36.4 Å². The van der Waals surface area contributed by atoms with Gasteiger partial charge in [-0.15, -0.1) is 0 Å². The predicted molar refractivity (Wildman–Crippen MR) is 141 cm³/mol. The molecule has 0 aliphatic rings. The molecule has 37 heavy (non-hydrogen) atoms. The smallest absolute Gasteiger partial charge is 0.331 e. The molecular weight excluding hydrogens is 500 g/mol. The summed E-state index contributed by atoms with van der Waals surface area (Å²) in [5.74, 6) is 0.727. The lowest BCUT2D eigenvalue weighted by Gasteiger charge is -2.15. The molecular formula is C27H36O9S. The van der Waals surface area contributed by atoms with E-state index < -0.39 is 16.1 Å². The SMILES string of the molecule is CCCCOc1cc(C=C(CCOCC)C(=O)O)ccc1OCCc1ccc(OS(C)(=O)=O)cc1OC. The lowest BCUT2D eigenvalue weighted by molar-refractivity contribution is -0.132. The summed E-state index contributed by atoms with van der Waals surface area (Å²) in [5, 5.41) is 9.54. The molecule has 0 bridgehead atoms. The van der Waals surface area contributed by atoms with Gasteiger partial charge in [-0.05, 0) is 48.7 Å². The summed E-state index contributed by atoms with van der Waals surface area (Å²) in [6.45, 7) is 5.60. The van der Waals surface area contributed by atoms with Crippen LogP contribution >= 0.6 is 0 Å². The van der Waals surface area contributed by atoms with Crippen LogP contribution in [0.4, 0.5) is 0 Å². The molecule has 9 nitrogen and oxygen atoms in total. The Morgan fingerprint density at radius 1 is 0.973 bits per heavy atom. The molecule has 0 saturated carbocycles. The average Bonchev–Trinajstić information content (AvgIpc) is 2.84. The van der Waals surface area contributed by atoms with E-state index in [4.69, 9.17) is 23.1 Å². The summed E-state index contributed by atoms with van der Waals surface area (Å²) >= 11 is 0. The van der Waals surface area contributed by atoms with Gasteiger partial charge in [-0.3, -0.25) is 0 Å². The Labute approximate surface area is 219 Å². The van der Waals surface area contributed by atoms with Crippen molar-refractivity contribution in [2.45, 2.75) is 39.5 Å². The number of hydrogen-bond acceptors (Lipinski definition) is 8. The number of carboxylic acids is 1. The minimum atomic E-state index is -3.64. The first kappa shape index (κ1) is 30.0. The molecule has 204 valence electrons. The highest BCUT2D eigenvalue weighted by Crippen LogP contribution is 2.31. The summed E-state index contributed by atoms with van der Waals surface area (Å²) in [4.78, 5) is 11.7. The van der Waals surface area contributed by atoms with E-state index >= 15 is 0 Å². The molecule has 0 unspecified atom stereocenters. The fraction of sp³-hybridized carbons (Fsp3) is 0.444. The van der Waals surface area contributed by atoms with Gasteiger partial charge in [-0.2, -0.15) is 8.42 Å². The van der Waals surface area contributed by atoms with Crippen molar-refractivity contribution in [3.8, 4) is 23.0 Å². The van der Waals surface area contributed by atoms with Gasteiger partial charge < -0.3 is 28.2 Å². The van der Waals surface area contributed by atoms with Crippen LogP contribution < -0.4 is 18.4 Å². The van der Waals surface area contributed by atoms with Crippen LogP contribution in [0.5, 0.6) is 23.0 Å². The number of carbonyl (C=O) groups is 1. The largest absolute Gasteiger partial charge is 0.496 e. The van der Waals surface area contributed by atoms with Crippen LogP contribution in [-0.2, 0) is 26.1 Å². The minimum Gasteiger partial charge on any atom is -0.496 e. The molecule has 0 aromatic heterocycles. The molecule has 0 aliphatic carbocycles. The number of ether oxygens (including phenoxy) is 4. The predicted octanol–water partition coefficient (Wildman–Crippen LogP) is 4.73. The zero-order chi connectivity index (χ0) is 27.3. The number of aliphatic carboxylic acids is 1. The van der Waals surface area contributed by atoms with E-state index in [1.807, 2.05) is 6.92 Å². The second-order valence-corrected chi connectivity index (χ2v) is 9.76. The fourth-order valence-electron chi connectivity index (χ4n) is 3.37. The number of methoxy groups -OCH3 is 1. The van der Waals surface area contributed by atoms with Crippen LogP contribution in [-0.4, -0.2) is 59.3 Å². The summed E-state index contributed by atoms with van der Waals surface area (Å²) in [5.41, 5.74) is 1.75. The zero-order valence-corrected chi connectivity index (χ0v) is 22.6. The molecule has 1 N–H and O–H groups in total. The number of unbranched alkanes of at least 4 members (excludes halogenated alkanes) is 1. The maximum atomic E-state index is 11.7. The molecule has 0 fully saturated rings. The van der Waals surface area contributed by atoms with Crippen molar-refractivity contribution >= 4 is 22.2 Å². The number of rotatable bonds is 17. The van der Waals surface area contributed by atoms with Crippen molar-refractivity contribution in [1.82, 2.24) is 0 Å². The van der Waals surface area contributed by atoms with Crippen molar-refractivity contribution in [3.63, 3.8) is 0 Å². The molecule has 0 spiro atoms. The van der Waals surface area contributed by atoms with Crippen LogP contribution in [0.25, 0.3) is 6.08 Å². The zero-order valence-electron chi connectivity index (χ0n) is 21.8. The fourth-order valence-corrected chi connectivity index (χ4v) is 3.82. The van der Waals surface area contributed by atoms with Crippen molar-refractivity contribution in [2.75, 3.05) is 39.8 Å². The molecule has 2 aromatic rings. The maximum Gasteiger partial charge on any atom is 0.331 e. The quantitative estimate of drug-likeness (QED) is 0.174. The topological polar surface area (TPSA) is 118 Å². The first-order chi connectivity index (χ1) is 17.7. The van der Waals surface area contributed by atoms with Gasteiger partial charge in [-0.25, -0.2) is 4.79 Å². The van der Waals surface area contributed by atoms with E-state index in [9.17, 15) is 18.3 Å². The lowest BCUT2D eigenvalue weighted by Crippen LogP contribution is -2.08. The second-order valence-electron chi connectivity index (χ2n) is 8.19. The number of hydrogen-bond donors (Lipinski definition) is 1. The van der Waals surface area contributed by atoms with Gasteiger partial charge in [0, 0.05) is 31.1 Å². The molecule has 2 aromatic carbocycles. The third-order valence-corrected chi connectivity index (χ3v) is 5.69. The van der Waals surface area contributed by atoms with E-state index in [0.717, 1.165) is 24.7 Å². The molecule has 0 saturated heterocycles. The van der Waals surface area contributed by atoms with Crippen molar-refractivity contribution < 1.29 is 41.4 Å². The molecule has 0 heterocycles. The first-order valence-electron chi connectivity index (χ1n) is 12.1. The Bertz CT molecular complexity index is 1160. The normalized spacial score (nSPS) is 11.7. The lowest BCUT2D eigenvalue weighted by atomic mass is 10.1. The molecule has 0 radical (unpaired) electrons. The summed E-state index contributed by atoms with van der Waals surface area (Å²) in [7, 11) is -2.15. The van der Waals surface area contributed by atoms with E-state index in [2.05, 4.69) is 6.92 Å². The average molecular weight is 537 g/mol. The Morgan fingerprint density at radius 3 is 2.38 bits per heavy atom. The number of benzene rings is 2. The Morgan fingerprint density at radius 2 is 1.73 bits per heavy atom. The van der Waals surface area contributed by atoms with Crippen LogP contribution in [0.2, 0.25) is 0 Å². The van der Waals surface area contributed by atoms with Crippen molar-refractivity contribution in [3.05, 3.63) is 53.1 Å². The van der Waals surface area contributed by atoms with E-state index in [0.29, 0.717) is 62.1 Å². The standard InChI is InChI=1S/C27H36O9S/c1-5-7-14-34-26-18-20(17-22(27(28)29)12-15-33-6-2)8-11-24(26)35-16-13-21-9-10-23(19-25(21)32-3)36-37(4,30)31/h8-11,17-19H,5-7,12-16H2,1-4H3,(H,28,29). The third kappa shape index (κ3) is 10.7. The summed E-state index contributed by atoms with van der Waals surface area (Å²) in [6, 6.07) is 10.1. The third-order valence-electron chi connectivity index (χ3n) is 5.19. The van der Waals surface area contributed by atoms with Gasteiger partial charge in [-0.1, -0.05) is 25.5 Å². The van der Waals surface area contributed by atoms with Gasteiger partial charge >= 0.3 is 16.1 Å². The molecule has 0 amide bonds. The van der Waals surface area contributed by atoms with Crippen LogP contribution in [0.15, 0.2) is 42.0 Å².